The Kier molecular flexibility index (Phi) is 3.62. The van der Waals surface area contributed by atoms with Gasteiger partial charge < -0.3 is 5.32 Å². The first-order valence-electron chi connectivity index (χ1n) is 6.87. The molecule has 1 fully saturated rings. The lowest BCUT2D eigenvalue weighted by molar-refractivity contribution is 0.197. The first-order chi connectivity index (χ1) is 9.31. The molecule has 1 aromatic carbocycles. The fourth-order valence-corrected chi connectivity index (χ4v) is 2.60. The summed E-state index contributed by atoms with van der Waals surface area (Å²) in [5, 5.41) is 11.0. The van der Waals surface area contributed by atoms with Crippen LogP contribution in [0.1, 0.15) is 12.6 Å². The number of hydrogen-bond acceptors (Lipinski definition) is 3. The van der Waals surface area contributed by atoms with Crippen LogP contribution in [0.3, 0.4) is 0 Å². The van der Waals surface area contributed by atoms with Crippen molar-refractivity contribution in [1.29, 1.82) is 0 Å². The van der Waals surface area contributed by atoms with Crippen molar-refractivity contribution in [2.24, 2.45) is 0 Å². The molecule has 1 atom stereocenters. The Balaban J connectivity index is 1.68. The zero-order valence-electron chi connectivity index (χ0n) is 11.3. The van der Waals surface area contributed by atoms with Crippen LogP contribution in [-0.2, 0) is 6.54 Å². The minimum absolute atomic E-state index is 0.574. The van der Waals surface area contributed by atoms with Gasteiger partial charge in [0.2, 0.25) is 0 Å². The van der Waals surface area contributed by atoms with Crippen molar-refractivity contribution < 1.29 is 0 Å². The van der Waals surface area contributed by atoms with Crippen LogP contribution in [0.15, 0.2) is 36.4 Å². The van der Waals surface area contributed by atoms with E-state index in [0.29, 0.717) is 6.04 Å². The standard InChI is InChI=1S/C15H20N4/c1-12-10-19(8-7-16-12)11-14-9-15(18-17-14)13-5-3-2-4-6-13/h2-6,9,12,16H,7-8,10-11H2,1H3,(H,17,18)/t12-/m0/s1. The molecule has 1 saturated heterocycles. The second-order valence-corrected chi connectivity index (χ2v) is 5.23. The molecule has 19 heavy (non-hydrogen) atoms. The lowest BCUT2D eigenvalue weighted by atomic mass is 10.1. The van der Waals surface area contributed by atoms with Gasteiger partial charge in [0.25, 0.3) is 0 Å². The Hall–Kier alpha value is -1.65. The van der Waals surface area contributed by atoms with Crippen molar-refractivity contribution in [3.8, 4) is 11.3 Å². The molecule has 2 heterocycles. The number of piperazine rings is 1. The Morgan fingerprint density at radius 2 is 2.16 bits per heavy atom. The van der Waals surface area contributed by atoms with Crippen LogP contribution >= 0.6 is 0 Å². The summed E-state index contributed by atoms with van der Waals surface area (Å²) < 4.78 is 0. The minimum Gasteiger partial charge on any atom is -0.312 e. The highest BCUT2D eigenvalue weighted by Gasteiger charge is 2.16. The van der Waals surface area contributed by atoms with E-state index in [4.69, 9.17) is 0 Å². The third-order valence-corrected chi connectivity index (χ3v) is 3.55. The van der Waals surface area contributed by atoms with Crippen molar-refractivity contribution in [1.82, 2.24) is 20.4 Å². The zero-order valence-corrected chi connectivity index (χ0v) is 11.3. The topological polar surface area (TPSA) is 44.0 Å². The summed E-state index contributed by atoms with van der Waals surface area (Å²) in [6.07, 6.45) is 0. The predicted octanol–water partition coefficient (Wildman–Crippen LogP) is 1.87. The number of benzene rings is 1. The molecule has 1 aliphatic heterocycles. The summed E-state index contributed by atoms with van der Waals surface area (Å²) in [5.74, 6) is 0. The number of aromatic nitrogens is 2. The van der Waals surface area contributed by atoms with Gasteiger partial charge >= 0.3 is 0 Å². The lowest BCUT2D eigenvalue weighted by Crippen LogP contribution is -2.48. The molecule has 0 unspecified atom stereocenters. The van der Waals surface area contributed by atoms with Gasteiger partial charge in [0.15, 0.2) is 0 Å². The molecule has 4 nitrogen and oxygen atoms in total. The van der Waals surface area contributed by atoms with Crippen molar-refractivity contribution in [3.05, 3.63) is 42.1 Å². The van der Waals surface area contributed by atoms with Gasteiger partial charge in [-0.1, -0.05) is 30.3 Å². The van der Waals surface area contributed by atoms with E-state index in [-0.39, 0.29) is 0 Å². The first kappa shape index (κ1) is 12.4. The molecule has 0 bridgehead atoms. The van der Waals surface area contributed by atoms with Gasteiger partial charge in [-0.15, -0.1) is 0 Å². The molecule has 1 aliphatic rings. The number of H-pyrrole nitrogens is 1. The van der Waals surface area contributed by atoms with E-state index < -0.39 is 0 Å². The summed E-state index contributed by atoms with van der Waals surface area (Å²) in [6, 6.07) is 13.0. The molecule has 2 N–H and O–H groups in total. The normalized spacial score (nSPS) is 20.6. The average molecular weight is 256 g/mol. The monoisotopic (exact) mass is 256 g/mol. The summed E-state index contributed by atoms with van der Waals surface area (Å²) in [4.78, 5) is 2.46. The SMILES string of the molecule is C[C@H]1CN(Cc2cc(-c3ccccc3)n[nH]2)CCN1. The molecular weight excluding hydrogens is 236 g/mol. The largest absolute Gasteiger partial charge is 0.312 e. The Morgan fingerprint density at radius 1 is 1.32 bits per heavy atom. The second kappa shape index (κ2) is 5.55. The van der Waals surface area contributed by atoms with Gasteiger partial charge in [-0.2, -0.15) is 5.10 Å². The molecule has 0 radical (unpaired) electrons. The number of aromatic amines is 1. The van der Waals surface area contributed by atoms with Crippen LogP contribution in [0.5, 0.6) is 0 Å². The quantitative estimate of drug-likeness (QED) is 0.881. The van der Waals surface area contributed by atoms with Crippen molar-refractivity contribution in [2.45, 2.75) is 19.5 Å². The van der Waals surface area contributed by atoms with Crippen LogP contribution in [0.25, 0.3) is 11.3 Å². The summed E-state index contributed by atoms with van der Waals surface area (Å²) in [5.41, 5.74) is 3.38. The van der Waals surface area contributed by atoms with Gasteiger partial charge in [0.1, 0.15) is 0 Å². The number of nitrogens with one attached hydrogen (secondary N) is 2. The predicted molar refractivity (Wildman–Crippen MR) is 76.8 cm³/mol. The average Bonchev–Trinajstić information content (AvgIpc) is 2.88. The molecule has 100 valence electrons. The number of nitrogens with zero attached hydrogens (tertiary/aromatic N) is 2. The summed E-state index contributed by atoms with van der Waals surface area (Å²) in [6.45, 7) is 6.45. The van der Waals surface area contributed by atoms with E-state index in [2.05, 4.69) is 45.5 Å². The Labute approximate surface area is 113 Å². The van der Waals surface area contributed by atoms with Gasteiger partial charge in [-0.3, -0.25) is 10.00 Å². The highest BCUT2D eigenvalue weighted by atomic mass is 15.2. The molecule has 0 aliphatic carbocycles. The maximum absolute atomic E-state index is 4.40. The highest BCUT2D eigenvalue weighted by Crippen LogP contribution is 2.17. The third-order valence-electron chi connectivity index (χ3n) is 3.55. The van der Waals surface area contributed by atoms with Crippen LogP contribution in [0.2, 0.25) is 0 Å². The van der Waals surface area contributed by atoms with Crippen LogP contribution in [0.4, 0.5) is 0 Å². The zero-order chi connectivity index (χ0) is 13.1. The second-order valence-electron chi connectivity index (χ2n) is 5.23. The number of hydrogen-bond donors (Lipinski definition) is 2. The van der Waals surface area contributed by atoms with E-state index >= 15 is 0 Å². The van der Waals surface area contributed by atoms with E-state index in [0.717, 1.165) is 31.9 Å². The molecule has 4 heteroatoms. The fourth-order valence-electron chi connectivity index (χ4n) is 2.60. The van der Waals surface area contributed by atoms with Gasteiger partial charge in [-0.05, 0) is 13.0 Å². The van der Waals surface area contributed by atoms with Crippen LogP contribution < -0.4 is 5.32 Å². The Bertz CT molecular complexity index is 520. The molecule has 2 aromatic rings. The van der Waals surface area contributed by atoms with E-state index in [1.807, 2.05) is 18.2 Å². The maximum atomic E-state index is 4.40. The lowest BCUT2D eigenvalue weighted by Gasteiger charge is -2.31. The smallest absolute Gasteiger partial charge is 0.0924 e. The van der Waals surface area contributed by atoms with Gasteiger partial charge in [0.05, 0.1) is 5.69 Å². The van der Waals surface area contributed by atoms with E-state index in [1.165, 1.54) is 11.3 Å². The van der Waals surface area contributed by atoms with Crippen molar-refractivity contribution in [2.75, 3.05) is 19.6 Å². The summed E-state index contributed by atoms with van der Waals surface area (Å²) in [7, 11) is 0. The first-order valence-corrected chi connectivity index (χ1v) is 6.87. The number of rotatable bonds is 3. The van der Waals surface area contributed by atoms with Crippen LogP contribution in [-0.4, -0.2) is 40.8 Å². The van der Waals surface area contributed by atoms with Crippen molar-refractivity contribution in [3.63, 3.8) is 0 Å². The highest BCUT2D eigenvalue weighted by molar-refractivity contribution is 5.58. The molecule has 0 amide bonds. The molecule has 1 aromatic heterocycles. The molecule has 3 rings (SSSR count). The van der Waals surface area contributed by atoms with E-state index in [1.54, 1.807) is 0 Å². The molecule has 0 spiro atoms. The molecule has 0 saturated carbocycles. The summed E-state index contributed by atoms with van der Waals surface area (Å²) >= 11 is 0. The van der Waals surface area contributed by atoms with Gasteiger partial charge in [0, 0.05) is 43.5 Å². The Morgan fingerprint density at radius 3 is 2.95 bits per heavy atom. The molecular formula is C15H20N4. The maximum Gasteiger partial charge on any atom is 0.0924 e. The van der Waals surface area contributed by atoms with E-state index in [9.17, 15) is 0 Å². The fraction of sp³-hybridized carbons (Fsp3) is 0.400. The third kappa shape index (κ3) is 3.03. The van der Waals surface area contributed by atoms with Crippen molar-refractivity contribution >= 4 is 0 Å². The van der Waals surface area contributed by atoms with Gasteiger partial charge in [-0.25, -0.2) is 0 Å². The van der Waals surface area contributed by atoms with Crippen LogP contribution in [0, 0.1) is 0 Å². The minimum atomic E-state index is 0.574.